The first-order valence-corrected chi connectivity index (χ1v) is 10.4. The van der Waals surface area contributed by atoms with Crippen LogP contribution in [0.4, 0.5) is 0 Å². The third-order valence-electron chi connectivity index (χ3n) is 4.09. The fourth-order valence-corrected chi connectivity index (χ4v) is 3.04. The van der Waals surface area contributed by atoms with Crippen LogP contribution in [-0.2, 0) is 33.8 Å². The van der Waals surface area contributed by atoms with Crippen molar-refractivity contribution in [1.82, 2.24) is 0 Å². The number of carbonyl (C=O) groups excluding carboxylic acids is 2. The van der Waals surface area contributed by atoms with Gasteiger partial charge in [0.2, 0.25) is 0 Å². The van der Waals surface area contributed by atoms with Crippen molar-refractivity contribution in [3.8, 4) is 5.75 Å². The Bertz CT molecular complexity index is 1010. The SMILES string of the molecule is [B]Cc1cc(C[B])c(OC(=O)c2ccccc2C(=O)COCS(=O)(=O)O)c(C[B])c1. The molecule has 0 amide bonds. The highest BCUT2D eigenvalue weighted by Crippen LogP contribution is 2.28. The maximum absolute atomic E-state index is 12.8. The lowest BCUT2D eigenvalue weighted by molar-refractivity contribution is 0.0718. The van der Waals surface area contributed by atoms with Crippen LogP contribution in [0, 0.1) is 0 Å². The Hall–Kier alpha value is -2.36. The summed E-state index contributed by atoms with van der Waals surface area (Å²) in [6, 6.07) is 9.25. The van der Waals surface area contributed by atoms with Gasteiger partial charge >= 0.3 is 5.97 Å². The Balaban J connectivity index is 2.30. The zero-order valence-electron chi connectivity index (χ0n) is 16.0. The molecule has 0 saturated heterocycles. The number of benzene rings is 2. The highest BCUT2D eigenvalue weighted by molar-refractivity contribution is 7.85. The van der Waals surface area contributed by atoms with Gasteiger partial charge in [-0.3, -0.25) is 9.35 Å². The Morgan fingerprint density at radius 2 is 1.50 bits per heavy atom. The van der Waals surface area contributed by atoms with E-state index in [1.165, 1.54) is 24.3 Å². The molecule has 0 bridgehead atoms. The maximum atomic E-state index is 12.8. The molecule has 0 aromatic heterocycles. The minimum Gasteiger partial charge on any atom is -0.422 e. The topological polar surface area (TPSA) is 107 Å². The van der Waals surface area contributed by atoms with Crippen molar-refractivity contribution in [3.63, 3.8) is 0 Å². The molecule has 0 heterocycles. The highest BCUT2D eigenvalue weighted by Gasteiger charge is 2.21. The zero-order chi connectivity index (χ0) is 22.3. The predicted molar refractivity (Wildman–Crippen MR) is 113 cm³/mol. The molecule has 7 nitrogen and oxygen atoms in total. The number of hydrogen-bond donors (Lipinski definition) is 1. The number of Topliss-reactive ketones (excluding diaryl/α,β-unsaturated/α-hetero) is 1. The lowest BCUT2D eigenvalue weighted by Crippen LogP contribution is -2.19. The average molecular weight is 422 g/mol. The van der Waals surface area contributed by atoms with Gasteiger partial charge in [-0.05, 0) is 17.2 Å². The molecule has 2 aromatic carbocycles. The molecular formula is C19H17B3O7S. The van der Waals surface area contributed by atoms with E-state index < -0.39 is 34.4 Å². The molecule has 0 aliphatic carbocycles. The summed E-state index contributed by atoms with van der Waals surface area (Å²) in [6.45, 7) is -0.655. The molecule has 1 N–H and O–H groups in total. The van der Waals surface area contributed by atoms with Gasteiger partial charge in [0.25, 0.3) is 10.1 Å². The van der Waals surface area contributed by atoms with Gasteiger partial charge in [0.05, 0.1) is 29.1 Å². The van der Waals surface area contributed by atoms with Gasteiger partial charge in [-0.15, -0.1) is 0 Å². The van der Waals surface area contributed by atoms with Crippen molar-refractivity contribution in [2.24, 2.45) is 0 Å². The van der Waals surface area contributed by atoms with E-state index >= 15 is 0 Å². The molecule has 30 heavy (non-hydrogen) atoms. The fraction of sp³-hybridized carbons (Fsp3) is 0.263. The number of ether oxygens (including phenoxy) is 2. The van der Waals surface area contributed by atoms with E-state index in [2.05, 4.69) is 4.74 Å². The van der Waals surface area contributed by atoms with E-state index in [-0.39, 0.29) is 35.8 Å². The summed E-state index contributed by atoms with van der Waals surface area (Å²) in [5, 5.41) is 0. The summed E-state index contributed by atoms with van der Waals surface area (Å²) < 4.78 is 40.3. The van der Waals surface area contributed by atoms with Crippen LogP contribution in [0.15, 0.2) is 36.4 Å². The van der Waals surface area contributed by atoms with Crippen LogP contribution in [0.25, 0.3) is 0 Å². The monoisotopic (exact) mass is 422 g/mol. The molecule has 150 valence electrons. The molecule has 2 rings (SSSR count). The van der Waals surface area contributed by atoms with E-state index in [1.54, 1.807) is 12.1 Å². The quantitative estimate of drug-likeness (QED) is 0.200. The van der Waals surface area contributed by atoms with Gasteiger partial charge in [0.1, 0.15) is 12.4 Å². The molecular weight excluding hydrogens is 405 g/mol. The molecule has 11 heteroatoms. The molecule has 0 aliphatic heterocycles. The number of esters is 1. The summed E-state index contributed by atoms with van der Waals surface area (Å²) in [4.78, 5) is 25.2. The van der Waals surface area contributed by atoms with Gasteiger partial charge in [-0.2, -0.15) is 8.42 Å². The summed E-state index contributed by atoms with van der Waals surface area (Å²) in [7, 11) is 12.8. The number of ketones is 1. The third kappa shape index (κ3) is 6.32. The van der Waals surface area contributed by atoms with Crippen LogP contribution in [0.5, 0.6) is 5.75 Å². The number of hydrogen-bond acceptors (Lipinski definition) is 6. The molecule has 2 aromatic rings. The number of carbonyl (C=O) groups is 2. The summed E-state index contributed by atoms with van der Waals surface area (Å²) in [6.07, 6.45) is 0.413. The van der Waals surface area contributed by atoms with Crippen LogP contribution in [-0.4, -0.2) is 60.8 Å². The zero-order valence-corrected chi connectivity index (χ0v) is 16.9. The summed E-state index contributed by atoms with van der Waals surface area (Å²) in [5.74, 6) is -2.33. The molecule has 0 spiro atoms. The largest absolute Gasteiger partial charge is 0.422 e. The first kappa shape index (κ1) is 23.9. The van der Waals surface area contributed by atoms with Crippen LogP contribution >= 0.6 is 0 Å². The average Bonchev–Trinajstić information content (AvgIpc) is 2.72. The molecule has 6 radical (unpaired) electrons. The van der Waals surface area contributed by atoms with Crippen molar-refractivity contribution >= 4 is 45.4 Å². The van der Waals surface area contributed by atoms with E-state index in [1.807, 2.05) is 0 Å². The lowest BCUT2D eigenvalue weighted by atomic mass is 9.85. The van der Waals surface area contributed by atoms with Gasteiger partial charge in [-0.1, -0.05) is 54.9 Å². The molecule has 0 saturated carbocycles. The third-order valence-corrected chi connectivity index (χ3v) is 4.55. The van der Waals surface area contributed by atoms with Gasteiger partial charge in [0.15, 0.2) is 11.7 Å². The Kier molecular flexibility index (Phi) is 8.46. The van der Waals surface area contributed by atoms with Crippen molar-refractivity contribution in [1.29, 1.82) is 0 Å². The number of rotatable bonds is 10. The van der Waals surface area contributed by atoms with E-state index in [0.29, 0.717) is 11.1 Å². The molecule has 0 atom stereocenters. The smallest absolute Gasteiger partial charge is 0.344 e. The predicted octanol–water partition coefficient (Wildman–Crippen LogP) is 0.956. The molecule has 0 aliphatic rings. The Morgan fingerprint density at radius 3 is 2.00 bits per heavy atom. The lowest BCUT2D eigenvalue weighted by Gasteiger charge is -2.16. The summed E-state index contributed by atoms with van der Waals surface area (Å²) in [5.41, 5.74) is 1.77. The second-order valence-corrected chi connectivity index (χ2v) is 7.66. The summed E-state index contributed by atoms with van der Waals surface area (Å²) >= 11 is 0. The highest BCUT2D eigenvalue weighted by atomic mass is 32.2. The van der Waals surface area contributed by atoms with Gasteiger partial charge in [-0.25, -0.2) is 4.79 Å². The standard InChI is InChI=1S/C19H17B3O7S/c20-7-12-5-13(8-21)18(14(6-12)9-22)29-19(24)16-4-2-1-3-15(16)17(23)10-28-11-30(25,26)27/h1-6H,7-11H2,(H,25,26,27). The minimum absolute atomic E-state index is 0.0278. The van der Waals surface area contributed by atoms with Crippen molar-refractivity contribution < 1.29 is 32.0 Å². The molecule has 0 fully saturated rings. The van der Waals surface area contributed by atoms with Crippen molar-refractivity contribution in [2.75, 3.05) is 12.5 Å². The fourth-order valence-electron chi connectivity index (χ4n) is 2.75. The van der Waals surface area contributed by atoms with Crippen LogP contribution < -0.4 is 4.74 Å². The van der Waals surface area contributed by atoms with Gasteiger partial charge in [0, 0.05) is 5.56 Å². The van der Waals surface area contributed by atoms with Gasteiger partial charge < -0.3 is 9.47 Å². The normalized spacial score (nSPS) is 11.2. The Labute approximate surface area is 179 Å². The minimum atomic E-state index is -4.39. The molecule has 0 unspecified atom stereocenters. The van der Waals surface area contributed by atoms with Crippen molar-refractivity contribution in [3.05, 3.63) is 64.2 Å². The van der Waals surface area contributed by atoms with Crippen LogP contribution in [0.2, 0.25) is 0 Å². The van der Waals surface area contributed by atoms with Crippen LogP contribution in [0.3, 0.4) is 0 Å². The first-order chi connectivity index (χ1) is 14.2. The van der Waals surface area contributed by atoms with E-state index in [4.69, 9.17) is 32.8 Å². The Morgan fingerprint density at radius 1 is 0.933 bits per heavy atom. The van der Waals surface area contributed by atoms with E-state index in [9.17, 15) is 18.0 Å². The maximum Gasteiger partial charge on any atom is 0.344 e. The first-order valence-electron chi connectivity index (χ1n) is 8.82. The second kappa shape index (κ2) is 10.6. The van der Waals surface area contributed by atoms with E-state index in [0.717, 1.165) is 5.56 Å². The van der Waals surface area contributed by atoms with Crippen molar-refractivity contribution in [2.45, 2.75) is 19.0 Å². The second-order valence-electron chi connectivity index (χ2n) is 6.26. The van der Waals surface area contributed by atoms with Crippen LogP contribution in [0.1, 0.15) is 37.4 Å².